The van der Waals surface area contributed by atoms with Crippen molar-refractivity contribution in [1.82, 2.24) is 24.3 Å². The number of hydrogen-bond acceptors (Lipinski definition) is 4. The van der Waals surface area contributed by atoms with Crippen LogP contribution < -0.4 is 0 Å². The van der Waals surface area contributed by atoms with Crippen LogP contribution in [0, 0.1) is 5.92 Å². The Morgan fingerprint density at radius 3 is 2.59 bits per heavy atom. The molecular formula is C21H35N5O. The largest absolute Gasteiger partial charge is 0.342 e. The number of carbonyl (C=O) groups is 1. The van der Waals surface area contributed by atoms with Gasteiger partial charge in [0.25, 0.3) is 0 Å². The van der Waals surface area contributed by atoms with Crippen molar-refractivity contribution in [2.45, 2.75) is 64.6 Å². The van der Waals surface area contributed by atoms with Crippen molar-refractivity contribution in [2.75, 3.05) is 39.3 Å². The van der Waals surface area contributed by atoms with Crippen LogP contribution in [0.1, 0.15) is 51.3 Å². The van der Waals surface area contributed by atoms with Gasteiger partial charge in [0.2, 0.25) is 5.91 Å². The van der Waals surface area contributed by atoms with Gasteiger partial charge in [0.1, 0.15) is 5.82 Å². The zero-order chi connectivity index (χ0) is 18.6. The molecule has 3 saturated heterocycles. The van der Waals surface area contributed by atoms with E-state index in [-0.39, 0.29) is 5.92 Å². The molecular weight excluding hydrogens is 338 g/mol. The fourth-order valence-corrected chi connectivity index (χ4v) is 5.16. The van der Waals surface area contributed by atoms with Gasteiger partial charge in [-0.1, -0.05) is 0 Å². The molecule has 0 saturated carbocycles. The summed E-state index contributed by atoms with van der Waals surface area (Å²) in [5.41, 5.74) is 0. The molecule has 0 radical (unpaired) electrons. The number of likely N-dealkylation sites (tertiary alicyclic amines) is 3. The Hall–Kier alpha value is -1.40. The van der Waals surface area contributed by atoms with Crippen molar-refractivity contribution in [3.8, 4) is 0 Å². The molecule has 3 aliphatic rings. The first-order chi connectivity index (χ1) is 13.2. The van der Waals surface area contributed by atoms with Crippen LogP contribution in [0.25, 0.3) is 0 Å². The average molecular weight is 374 g/mol. The number of aryl methyl sites for hydroxylation is 1. The lowest BCUT2D eigenvalue weighted by Gasteiger charge is -2.42. The molecule has 0 N–H and O–H groups in total. The standard InChI is InChI=1S/C21H35N5O/c1-2-24-15-9-22-20(24)17-23-13-7-19(8-14-23)26-12-5-6-18(16-26)21(27)25-10-3-4-11-25/h9,15,18-19H,2-8,10-14,16-17H2,1H3/t18-/m0/s1. The van der Waals surface area contributed by atoms with Crippen molar-refractivity contribution in [2.24, 2.45) is 5.92 Å². The Kier molecular flexibility index (Phi) is 6.13. The summed E-state index contributed by atoms with van der Waals surface area (Å²) in [6.07, 6.45) is 11.1. The molecule has 0 spiro atoms. The van der Waals surface area contributed by atoms with Gasteiger partial charge in [0.05, 0.1) is 12.5 Å². The second-order valence-electron chi connectivity index (χ2n) is 8.50. The lowest BCUT2D eigenvalue weighted by atomic mass is 9.93. The normalized spacial score (nSPS) is 26.0. The maximum Gasteiger partial charge on any atom is 0.226 e. The third-order valence-corrected chi connectivity index (χ3v) is 6.80. The zero-order valence-corrected chi connectivity index (χ0v) is 16.9. The number of carbonyl (C=O) groups excluding carboxylic acids is 1. The van der Waals surface area contributed by atoms with Gasteiger partial charge >= 0.3 is 0 Å². The minimum absolute atomic E-state index is 0.243. The molecule has 27 heavy (non-hydrogen) atoms. The van der Waals surface area contributed by atoms with Gasteiger partial charge in [-0.2, -0.15) is 0 Å². The van der Waals surface area contributed by atoms with Gasteiger partial charge in [-0.25, -0.2) is 4.98 Å². The summed E-state index contributed by atoms with van der Waals surface area (Å²) in [7, 11) is 0. The van der Waals surface area contributed by atoms with Crippen LogP contribution in [-0.4, -0.2) is 75.5 Å². The Bertz CT molecular complexity index is 616. The van der Waals surface area contributed by atoms with Gasteiger partial charge in [-0.3, -0.25) is 14.6 Å². The van der Waals surface area contributed by atoms with Gasteiger partial charge in [-0.05, 0) is 52.0 Å². The number of nitrogens with zero attached hydrogens (tertiary/aromatic N) is 5. The average Bonchev–Trinajstić information content (AvgIpc) is 3.40. The third-order valence-electron chi connectivity index (χ3n) is 6.80. The summed E-state index contributed by atoms with van der Waals surface area (Å²) in [4.78, 5) is 24.6. The fraction of sp³-hybridized carbons (Fsp3) is 0.810. The Labute approximate surface area is 163 Å². The van der Waals surface area contributed by atoms with Crippen molar-refractivity contribution in [3.63, 3.8) is 0 Å². The minimum Gasteiger partial charge on any atom is -0.342 e. The Balaban J connectivity index is 1.27. The van der Waals surface area contributed by atoms with Crippen molar-refractivity contribution in [3.05, 3.63) is 18.2 Å². The van der Waals surface area contributed by atoms with E-state index in [1.165, 1.54) is 44.5 Å². The van der Waals surface area contributed by atoms with Crippen LogP contribution in [0.3, 0.4) is 0 Å². The molecule has 0 bridgehead atoms. The number of aromatic nitrogens is 2. The summed E-state index contributed by atoms with van der Waals surface area (Å²) in [5.74, 6) is 1.86. The summed E-state index contributed by atoms with van der Waals surface area (Å²) in [6, 6.07) is 0.654. The number of piperidine rings is 2. The van der Waals surface area contributed by atoms with Crippen molar-refractivity contribution < 1.29 is 4.79 Å². The SMILES string of the molecule is CCn1ccnc1CN1CCC(N2CCC[C@H](C(=O)N3CCCC3)C2)CC1. The quantitative estimate of drug-likeness (QED) is 0.794. The topological polar surface area (TPSA) is 44.6 Å². The maximum atomic E-state index is 12.8. The van der Waals surface area contributed by atoms with E-state index in [0.717, 1.165) is 52.2 Å². The van der Waals surface area contributed by atoms with Gasteiger partial charge in [0, 0.05) is 57.7 Å². The van der Waals surface area contributed by atoms with Gasteiger partial charge in [-0.15, -0.1) is 0 Å². The molecule has 6 heteroatoms. The summed E-state index contributed by atoms with van der Waals surface area (Å²) in [5, 5.41) is 0. The molecule has 1 aromatic rings. The molecule has 0 unspecified atom stereocenters. The van der Waals surface area contributed by atoms with E-state index >= 15 is 0 Å². The predicted molar refractivity (Wildman–Crippen MR) is 106 cm³/mol. The van der Waals surface area contributed by atoms with E-state index in [1.807, 2.05) is 6.20 Å². The number of amides is 1. The molecule has 150 valence electrons. The van der Waals surface area contributed by atoms with E-state index in [2.05, 4.69) is 37.4 Å². The molecule has 4 heterocycles. The predicted octanol–water partition coefficient (Wildman–Crippen LogP) is 2.20. The highest BCUT2D eigenvalue weighted by Crippen LogP contribution is 2.26. The van der Waals surface area contributed by atoms with Crippen LogP contribution in [-0.2, 0) is 17.9 Å². The highest BCUT2D eigenvalue weighted by Gasteiger charge is 2.34. The highest BCUT2D eigenvalue weighted by molar-refractivity contribution is 5.79. The fourth-order valence-electron chi connectivity index (χ4n) is 5.16. The van der Waals surface area contributed by atoms with E-state index < -0.39 is 0 Å². The minimum atomic E-state index is 0.243. The molecule has 1 amide bonds. The smallest absolute Gasteiger partial charge is 0.226 e. The molecule has 0 aromatic carbocycles. The van der Waals surface area contributed by atoms with Crippen molar-refractivity contribution in [1.29, 1.82) is 0 Å². The first-order valence-electron chi connectivity index (χ1n) is 11.0. The first kappa shape index (κ1) is 18.9. The molecule has 0 aliphatic carbocycles. The first-order valence-corrected chi connectivity index (χ1v) is 11.0. The van der Waals surface area contributed by atoms with Gasteiger partial charge < -0.3 is 9.47 Å². The van der Waals surface area contributed by atoms with Crippen LogP contribution >= 0.6 is 0 Å². The van der Waals surface area contributed by atoms with E-state index in [0.29, 0.717) is 11.9 Å². The summed E-state index contributed by atoms with van der Waals surface area (Å²) < 4.78 is 2.24. The second kappa shape index (κ2) is 8.74. The Morgan fingerprint density at radius 2 is 1.85 bits per heavy atom. The number of rotatable bonds is 5. The zero-order valence-electron chi connectivity index (χ0n) is 16.9. The van der Waals surface area contributed by atoms with Gasteiger partial charge in [0.15, 0.2) is 0 Å². The molecule has 3 fully saturated rings. The van der Waals surface area contributed by atoms with Crippen LogP contribution in [0.5, 0.6) is 0 Å². The lowest BCUT2D eigenvalue weighted by molar-refractivity contribution is -0.136. The lowest BCUT2D eigenvalue weighted by Crippen LogP contribution is -2.51. The van der Waals surface area contributed by atoms with Crippen LogP contribution in [0.2, 0.25) is 0 Å². The highest BCUT2D eigenvalue weighted by atomic mass is 16.2. The van der Waals surface area contributed by atoms with Crippen molar-refractivity contribution >= 4 is 5.91 Å². The van der Waals surface area contributed by atoms with E-state index in [1.54, 1.807) is 0 Å². The molecule has 4 rings (SSSR count). The van der Waals surface area contributed by atoms with E-state index in [4.69, 9.17) is 0 Å². The molecule has 1 atom stereocenters. The monoisotopic (exact) mass is 373 g/mol. The summed E-state index contributed by atoms with van der Waals surface area (Å²) in [6.45, 7) is 10.5. The number of hydrogen-bond donors (Lipinski definition) is 0. The third kappa shape index (κ3) is 4.37. The van der Waals surface area contributed by atoms with Crippen LogP contribution in [0.15, 0.2) is 12.4 Å². The second-order valence-corrected chi connectivity index (χ2v) is 8.50. The summed E-state index contributed by atoms with van der Waals surface area (Å²) >= 11 is 0. The maximum absolute atomic E-state index is 12.8. The molecule has 3 aliphatic heterocycles. The van der Waals surface area contributed by atoms with Crippen LogP contribution in [0.4, 0.5) is 0 Å². The number of imidazole rings is 1. The Morgan fingerprint density at radius 1 is 1.07 bits per heavy atom. The molecule has 1 aromatic heterocycles. The molecule has 6 nitrogen and oxygen atoms in total. The van der Waals surface area contributed by atoms with E-state index in [9.17, 15) is 4.79 Å².